The molecule has 2 fully saturated rings. The summed E-state index contributed by atoms with van der Waals surface area (Å²) in [5.41, 5.74) is 6.91. The number of aryl methyl sites for hydroxylation is 1. The van der Waals surface area contributed by atoms with E-state index < -0.39 is 10.8 Å². The molecule has 1 N–H and O–H groups in total. The molecule has 186 valence electrons. The molecule has 1 amide bonds. The van der Waals surface area contributed by atoms with Crippen molar-refractivity contribution in [3.63, 3.8) is 0 Å². The summed E-state index contributed by atoms with van der Waals surface area (Å²) in [6.45, 7) is 3.12. The number of hydrogen-bond donors (Lipinski definition) is 1. The lowest BCUT2D eigenvalue weighted by Crippen LogP contribution is -2.28. The van der Waals surface area contributed by atoms with Gasteiger partial charge in [0, 0.05) is 47.4 Å². The number of amides is 1. The van der Waals surface area contributed by atoms with Crippen molar-refractivity contribution in [1.82, 2.24) is 20.3 Å². The van der Waals surface area contributed by atoms with Crippen molar-refractivity contribution in [1.29, 1.82) is 0 Å². The third-order valence-corrected chi connectivity index (χ3v) is 8.47. The fraction of sp³-hybridized carbons (Fsp3) is 0.429. The Morgan fingerprint density at radius 1 is 1.06 bits per heavy atom. The molecule has 7 nitrogen and oxygen atoms in total. The first-order valence-electron chi connectivity index (χ1n) is 13.0. The second-order valence-electron chi connectivity index (χ2n) is 9.94. The van der Waals surface area contributed by atoms with Crippen molar-refractivity contribution in [3.05, 3.63) is 71.1 Å². The summed E-state index contributed by atoms with van der Waals surface area (Å²) < 4.78 is 11.9. The molecule has 1 atom stereocenters. The van der Waals surface area contributed by atoms with Gasteiger partial charge in [-0.1, -0.05) is 6.92 Å². The molecule has 3 aliphatic rings. The number of pyridine rings is 3. The fourth-order valence-electron chi connectivity index (χ4n) is 4.81. The van der Waals surface area contributed by atoms with Crippen LogP contribution in [0.2, 0.25) is 0 Å². The zero-order valence-electron chi connectivity index (χ0n) is 20.6. The zero-order chi connectivity index (χ0) is 24.6. The van der Waals surface area contributed by atoms with Crippen LogP contribution in [0.1, 0.15) is 84.1 Å². The van der Waals surface area contributed by atoms with E-state index in [0.29, 0.717) is 34.7 Å². The van der Waals surface area contributed by atoms with Gasteiger partial charge in [-0.3, -0.25) is 19.0 Å². The molecular weight excluding hydrogens is 470 g/mol. The van der Waals surface area contributed by atoms with Gasteiger partial charge in [0.25, 0.3) is 5.91 Å². The lowest BCUT2D eigenvalue weighted by atomic mass is 10.0. The Kier molecular flexibility index (Phi) is 6.29. The van der Waals surface area contributed by atoms with Gasteiger partial charge in [0.2, 0.25) is 0 Å². The average molecular weight is 502 g/mol. The van der Waals surface area contributed by atoms with Crippen LogP contribution in [0.4, 0.5) is 11.4 Å². The predicted octanol–water partition coefficient (Wildman–Crippen LogP) is 4.77. The van der Waals surface area contributed by atoms with Crippen LogP contribution in [0.5, 0.6) is 0 Å². The number of hydrogen-bond acceptors (Lipinski definition) is 6. The fourth-order valence-corrected chi connectivity index (χ4v) is 5.54. The molecule has 0 aromatic carbocycles. The molecule has 36 heavy (non-hydrogen) atoms. The third kappa shape index (κ3) is 4.91. The van der Waals surface area contributed by atoms with Gasteiger partial charge >= 0.3 is 0 Å². The summed E-state index contributed by atoms with van der Waals surface area (Å²) in [5, 5.41) is 2.92. The number of carbonyl (C=O) groups is 1. The molecule has 0 spiro atoms. The minimum Gasteiger partial charge on any atom is -0.345 e. The van der Waals surface area contributed by atoms with Gasteiger partial charge < -0.3 is 10.2 Å². The zero-order valence-corrected chi connectivity index (χ0v) is 21.4. The summed E-state index contributed by atoms with van der Waals surface area (Å²) in [7, 11) is -1.03. The smallest absolute Gasteiger partial charge is 0.270 e. The molecule has 1 aliphatic heterocycles. The molecule has 1 unspecified atom stereocenters. The van der Waals surface area contributed by atoms with Crippen LogP contribution in [0.15, 0.2) is 47.5 Å². The highest BCUT2D eigenvalue weighted by molar-refractivity contribution is 7.85. The van der Waals surface area contributed by atoms with E-state index in [9.17, 15) is 9.00 Å². The number of nitrogens with one attached hydrogen (secondary N) is 1. The molecular formula is C28H31N5O2S. The number of fused-ring (bicyclic) bond motifs is 1. The summed E-state index contributed by atoms with van der Waals surface area (Å²) in [6, 6.07) is 12.0. The Bertz CT molecular complexity index is 1290. The summed E-state index contributed by atoms with van der Waals surface area (Å²) in [4.78, 5) is 30.0. The van der Waals surface area contributed by atoms with Crippen LogP contribution in [0, 0.1) is 0 Å². The average Bonchev–Trinajstić information content (AvgIpc) is 3.84. The lowest BCUT2D eigenvalue weighted by Gasteiger charge is -2.31. The van der Waals surface area contributed by atoms with Gasteiger partial charge in [-0.25, -0.2) is 4.98 Å². The Balaban J connectivity index is 1.18. The molecule has 2 aliphatic carbocycles. The highest BCUT2D eigenvalue weighted by Crippen LogP contribution is 2.45. The van der Waals surface area contributed by atoms with E-state index in [2.05, 4.69) is 27.3 Å². The van der Waals surface area contributed by atoms with Crippen LogP contribution < -0.4 is 10.2 Å². The monoisotopic (exact) mass is 501 g/mol. The molecule has 0 bridgehead atoms. The maximum Gasteiger partial charge on any atom is 0.270 e. The topological polar surface area (TPSA) is 88.1 Å². The molecule has 3 aromatic rings. The quantitative estimate of drug-likeness (QED) is 0.478. The van der Waals surface area contributed by atoms with Crippen LogP contribution in [-0.2, 0) is 23.8 Å². The van der Waals surface area contributed by atoms with Gasteiger partial charge in [-0.15, -0.1) is 0 Å². The Labute approximate surface area is 214 Å². The summed E-state index contributed by atoms with van der Waals surface area (Å²) in [5.74, 6) is 1.59. The second kappa shape index (κ2) is 9.73. The Hall–Kier alpha value is -3.13. The largest absolute Gasteiger partial charge is 0.345 e. The molecule has 4 heterocycles. The van der Waals surface area contributed by atoms with Crippen molar-refractivity contribution in [3.8, 4) is 0 Å². The van der Waals surface area contributed by atoms with E-state index in [4.69, 9.17) is 9.97 Å². The van der Waals surface area contributed by atoms with Crippen LogP contribution >= 0.6 is 0 Å². The van der Waals surface area contributed by atoms with Gasteiger partial charge in [-0.05, 0) is 74.9 Å². The Morgan fingerprint density at radius 2 is 1.81 bits per heavy atom. The van der Waals surface area contributed by atoms with E-state index in [1.165, 1.54) is 42.8 Å². The normalized spacial score (nSPS) is 18.0. The molecule has 0 saturated heterocycles. The number of nitrogens with zero attached hydrogens (tertiary/aromatic N) is 4. The standard InChI is InChI=1S/C28H31N5O2S/c1-2-36(35)22-10-9-20(29-17-22)16-30-28(34)24-11-12-27-23(31-24)4-3-13-33(27)21-14-25(18-5-6-18)32-26(15-21)19-7-8-19/h9-12,14-15,17-19H,2-8,13,16H2,1H3,(H,30,34). The predicted molar refractivity (Wildman–Crippen MR) is 140 cm³/mol. The molecule has 8 heteroatoms. The van der Waals surface area contributed by atoms with Crippen LogP contribution in [-0.4, -0.2) is 37.4 Å². The van der Waals surface area contributed by atoms with E-state index in [1.54, 1.807) is 6.20 Å². The van der Waals surface area contributed by atoms with Crippen LogP contribution in [0.25, 0.3) is 0 Å². The second-order valence-corrected chi connectivity index (χ2v) is 11.7. The highest BCUT2D eigenvalue weighted by Gasteiger charge is 2.31. The maximum atomic E-state index is 12.9. The van der Waals surface area contributed by atoms with Gasteiger partial charge in [0.15, 0.2) is 0 Å². The maximum absolute atomic E-state index is 12.9. The van der Waals surface area contributed by atoms with E-state index in [1.807, 2.05) is 31.2 Å². The first kappa shape index (κ1) is 23.3. The number of aromatic nitrogens is 3. The van der Waals surface area contributed by atoms with Gasteiger partial charge in [0.05, 0.1) is 39.3 Å². The first-order valence-corrected chi connectivity index (χ1v) is 14.3. The minimum absolute atomic E-state index is 0.214. The van der Waals surface area contributed by atoms with E-state index in [0.717, 1.165) is 36.5 Å². The van der Waals surface area contributed by atoms with Crippen LogP contribution in [0.3, 0.4) is 0 Å². The highest BCUT2D eigenvalue weighted by atomic mass is 32.2. The molecule has 6 rings (SSSR count). The molecule has 2 saturated carbocycles. The summed E-state index contributed by atoms with van der Waals surface area (Å²) >= 11 is 0. The van der Waals surface area contributed by atoms with Gasteiger partial charge in [-0.2, -0.15) is 0 Å². The van der Waals surface area contributed by atoms with Gasteiger partial charge in [0.1, 0.15) is 5.69 Å². The first-order chi connectivity index (χ1) is 17.6. The van der Waals surface area contributed by atoms with Crippen molar-refractivity contribution in [2.75, 3.05) is 17.2 Å². The Morgan fingerprint density at radius 3 is 2.44 bits per heavy atom. The van der Waals surface area contributed by atoms with Crippen molar-refractivity contribution >= 4 is 28.1 Å². The number of anilines is 2. The van der Waals surface area contributed by atoms with Crippen molar-refractivity contribution in [2.24, 2.45) is 0 Å². The molecule has 3 aromatic heterocycles. The number of rotatable bonds is 8. The lowest BCUT2D eigenvalue weighted by molar-refractivity contribution is 0.0945. The number of carbonyl (C=O) groups excluding carboxylic acids is 1. The third-order valence-electron chi connectivity index (χ3n) is 7.17. The minimum atomic E-state index is -1.03. The van der Waals surface area contributed by atoms with Crippen molar-refractivity contribution in [2.45, 2.75) is 68.7 Å². The van der Waals surface area contributed by atoms with Crippen molar-refractivity contribution < 1.29 is 9.00 Å². The van der Waals surface area contributed by atoms with E-state index in [-0.39, 0.29) is 5.91 Å². The van der Waals surface area contributed by atoms with E-state index >= 15 is 0 Å². The summed E-state index contributed by atoms with van der Waals surface area (Å²) in [6.07, 6.45) is 8.46. The molecule has 0 radical (unpaired) electrons. The SMILES string of the molecule is CCS(=O)c1ccc(CNC(=O)c2ccc3c(n2)CCCN3c2cc(C3CC3)nc(C3CC3)c2)nc1.